The number of nitrogens with zero attached hydrogens (tertiary/aromatic N) is 2. The van der Waals surface area contributed by atoms with Crippen LogP contribution in [0.3, 0.4) is 0 Å². The van der Waals surface area contributed by atoms with Gasteiger partial charge in [0.05, 0.1) is 23.2 Å². The maximum atomic E-state index is 14.7. The van der Waals surface area contributed by atoms with Gasteiger partial charge in [0.2, 0.25) is 5.76 Å². The molecular formula is C31H28N2O4. The molecule has 3 heterocycles. The average molecular weight is 493 g/mol. The van der Waals surface area contributed by atoms with E-state index in [1.165, 1.54) is 0 Å². The van der Waals surface area contributed by atoms with E-state index in [9.17, 15) is 14.4 Å². The molecule has 2 aliphatic heterocycles. The number of rotatable bonds is 4. The number of hydrogen-bond donors (Lipinski definition) is 0. The molecule has 0 saturated carbocycles. The zero-order valence-electron chi connectivity index (χ0n) is 21.4. The van der Waals surface area contributed by atoms with Gasteiger partial charge in [-0.15, -0.1) is 0 Å². The Labute approximate surface area is 215 Å². The normalized spacial score (nSPS) is 18.3. The molecule has 0 saturated heterocycles. The molecule has 0 fully saturated rings. The first kappa shape index (κ1) is 23.2. The van der Waals surface area contributed by atoms with E-state index in [-0.39, 0.29) is 22.7 Å². The summed E-state index contributed by atoms with van der Waals surface area (Å²) in [4.78, 5) is 46.0. The molecule has 6 heteroatoms. The second-order valence-corrected chi connectivity index (χ2v) is 10.1. The number of hydrogen-bond acceptors (Lipinski definition) is 4. The molecule has 2 aliphatic rings. The summed E-state index contributed by atoms with van der Waals surface area (Å²) in [5.74, 6) is -0.752. The molecule has 0 bridgehead atoms. The fourth-order valence-electron chi connectivity index (χ4n) is 5.88. The lowest BCUT2D eigenvalue weighted by Crippen LogP contribution is -2.53. The van der Waals surface area contributed by atoms with Crippen LogP contribution < -0.4 is 10.3 Å². The van der Waals surface area contributed by atoms with Crippen molar-refractivity contribution < 1.29 is 14.0 Å². The third-order valence-corrected chi connectivity index (χ3v) is 7.89. The van der Waals surface area contributed by atoms with Crippen molar-refractivity contribution in [2.24, 2.45) is 0 Å². The molecule has 6 rings (SSSR count). The van der Waals surface area contributed by atoms with E-state index in [0.29, 0.717) is 41.7 Å². The topological polar surface area (TPSA) is 70.8 Å². The van der Waals surface area contributed by atoms with E-state index in [2.05, 4.69) is 0 Å². The number of anilines is 1. The third kappa shape index (κ3) is 3.02. The van der Waals surface area contributed by atoms with Crippen LogP contribution in [-0.4, -0.2) is 23.3 Å². The summed E-state index contributed by atoms with van der Waals surface area (Å²) >= 11 is 0. The van der Waals surface area contributed by atoms with Gasteiger partial charge in [0.25, 0.3) is 11.8 Å². The summed E-state index contributed by atoms with van der Waals surface area (Å²) in [5, 5.41) is 0.384. The predicted octanol–water partition coefficient (Wildman–Crippen LogP) is 5.37. The van der Waals surface area contributed by atoms with Crippen LogP contribution in [0.2, 0.25) is 0 Å². The number of carbonyl (C=O) groups excluding carboxylic acids is 2. The van der Waals surface area contributed by atoms with Gasteiger partial charge in [-0.1, -0.05) is 49.4 Å². The van der Waals surface area contributed by atoms with Crippen LogP contribution in [-0.2, 0) is 16.9 Å². The molecule has 37 heavy (non-hydrogen) atoms. The van der Waals surface area contributed by atoms with Crippen LogP contribution in [0.25, 0.3) is 11.0 Å². The van der Waals surface area contributed by atoms with Gasteiger partial charge in [-0.3, -0.25) is 14.4 Å². The molecule has 0 radical (unpaired) electrons. The van der Waals surface area contributed by atoms with Gasteiger partial charge in [0.15, 0.2) is 11.0 Å². The minimum absolute atomic E-state index is 0.0323. The van der Waals surface area contributed by atoms with E-state index in [4.69, 9.17) is 4.42 Å². The van der Waals surface area contributed by atoms with E-state index in [1.807, 2.05) is 76.2 Å². The summed E-state index contributed by atoms with van der Waals surface area (Å²) in [6.07, 6.45) is 0.626. The van der Waals surface area contributed by atoms with Crippen molar-refractivity contribution in [3.63, 3.8) is 0 Å². The molecule has 6 nitrogen and oxygen atoms in total. The van der Waals surface area contributed by atoms with Crippen molar-refractivity contribution >= 4 is 28.5 Å². The van der Waals surface area contributed by atoms with E-state index < -0.39 is 11.4 Å². The second-order valence-electron chi connectivity index (χ2n) is 10.1. The Morgan fingerprint density at radius 2 is 1.57 bits per heavy atom. The number of carbonyl (C=O) groups is 2. The Morgan fingerprint density at radius 1 is 0.865 bits per heavy atom. The highest BCUT2D eigenvalue weighted by Crippen LogP contribution is 2.53. The van der Waals surface area contributed by atoms with Gasteiger partial charge in [0, 0.05) is 12.1 Å². The molecule has 1 aromatic heterocycles. The van der Waals surface area contributed by atoms with E-state index in [1.54, 1.807) is 21.9 Å². The van der Waals surface area contributed by atoms with Crippen molar-refractivity contribution in [1.29, 1.82) is 0 Å². The molecule has 2 amide bonds. The maximum absolute atomic E-state index is 14.7. The van der Waals surface area contributed by atoms with E-state index >= 15 is 0 Å². The molecule has 1 unspecified atom stereocenters. The SMILES string of the molecule is CCCN1C(=O)c2oc3cc(C)c(C)cc3c(=O)c2C12C(=O)N(Cc1ccccc1C)c1ccccc12. The van der Waals surface area contributed by atoms with Crippen LogP contribution in [0.15, 0.2) is 69.9 Å². The summed E-state index contributed by atoms with van der Waals surface area (Å²) in [6.45, 7) is 8.50. The zero-order chi connectivity index (χ0) is 26.1. The van der Waals surface area contributed by atoms with Crippen LogP contribution in [0.4, 0.5) is 5.69 Å². The Bertz CT molecular complexity index is 1680. The number of fused-ring (bicyclic) bond motifs is 5. The lowest BCUT2D eigenvalue weighted by Gasteiger charge is -2.34. The number of para-hydroxylation sites is 1. The standard InChI is InChI=1S/C31H28N2O4/c1-5-14-33-29(35)28-26(27(34)22-15-19(3)20(4)16-25(22)37-28)31(33)23-12-8-9-13-24(23)32(30(31)36)17-21-11-7-6-10-18(21)2/h6-13,15-16H,5,14,17H2,1-4H3. The fourth-order valence-corrected chi connectivity index (χ4v) is 5.88. The van der Waals surface area contributed by atoms with Crippen molar-refractivity contribution in [2.45, 2.75) is 46.2 Å². The highest BCUT2D eigenvalue weighted by Gasteiger charge is 2.64. The third-order valence-electron chi connectivity index (χ3n) is 7.89. The van der Waals surface area contributed by atoms with Crippen LogP contribution >= 0.6 is 0 Å². The van der Waals surface area contributed by atoms with Crippen molar-refractivity contribution in [3.05, 3.63) is 110 Å². The number of aryl methyl sites for hydroxylation is 3. The smallest absolute Gasteiger partial charge is 0.291 e. The lowest BCUT2D eigenvalue weighted by molar-refractivity contribution is -0.126. The van der Waals surface area contributed by atoms with Gasteiger partial charge < -0.3 is 14.2 Å². The van der Waals surface area contributed by atoms with Crippen molar-refractivity contribution in [2.75, 3.05) is 11.4 Å². The average Bonchev–Trinajstić information content (AvgIpc) is 3.27. The Morgan fingerprint density at radius 3 is 2.32 bits per heavy atom. The summed E-state index contributed by atoms with van der Waals surface area (Å²) in [6, 6.07) is 19.0. The maximum Gasteiger partial charge on any atom is 0.291 e. The first-order chi connectivity index (χ1) is 17.8. The summed E-state index contributed by atoms with van der Waals surface area (Å²) < 4.78 is 6.17. The Kier molecular flexibility index (Phi) is 5.13. The number of amides is 2. The first-order valence-corrected chi connectivity index (χ1v) is 12.7. The quantitative estimate of drug-likeness (QED) is 0.384. The predicted molar refractivity (Wildman–Crippen MR) is 143 cm³/mol. The van der Waals surface area contributed by atoms with Crippen molar-refractivity contribution in [3.8, 4) is 0 Å². The van der Waals surface area contributed by atoms with Gasteiger partial charge in [0.1, 0.15) is 5.58 Å². The Balaban J connectivity index is 1.67. The Hall–Kier alpha value is -4.19. The molecule has 0 aliphatic carbocycles. The zero-order valence-corrected chi connectivity index (χ0v) is 21.4. The first-order valence-electron chi connectivity index (χ1n) is 12.7. The molecule has 186 valence electrons. The van der Waals surface area contributed by atoms with Gasteiger partial charge >= 0.3 is 0 Å². The van der Waals surface area contributed by atoms with Gasteiger partial charge in [-0.2, -0.15) is 0 Å². The van der Waals surface area contributed by atoms with Crippen LogP contribution in [0, 0.1) is 20.8 Å². The van der Waals surface area contributed by atoms with E-state index in [0.717, 1.165) is 22.3 Å². The molecule has 3 aromatic carbocycles. The molecule has 1 atom stereocenters. The highest BCUT2D eigenvalue weighted by atomic mass is 16.3. The lowest BCUT2D eigenvalue weighted by atomic mass is 9.83. The minimum Gasteiger partial charge on any atom is -0.450 e. The van der Waals surface area contributed by atoms with Crippen molar-refractivity contribution in [1.82, 2.24) is 4.90 Å². The minimum atomic E-state index is -1.56. The highest BCUT2D eigenvalue weighted by molar-refractivity contribution is 6.17. The monoisotopic (exact) mass is 492 g/mol. The molecule has 0 N–H and O–H groups in total. The molecule has 4 aromatic rings. The molecular weight excluding hydrogens is 464 g/mol. The largest absolute Gasteiger partial charge is 0.450 e. The number of benzene rings is 3. The summed E-state index contributed by atoms with van der Waals surface area (Å²) in [5.41, 5.74) is 3.94. The van der Waals surface area contributed by atoms with Crippen LogP contribution in [0.1, 0.15) is 57.3 Å². The summed E-state index contributed by atoms with van der Waals surface area (Å²) in [7, 11) is 0. The molecule has 1 spiro atoms. The van der Waals surface area contributed by atoms with Gasteiger partial charge in [-0.25, -0.2) is 0 Å². The van der Waals surface area contributed by atoms with Gasteiger partial charge in [-0.05, 0) is 67.6 Å². The second kappa shape index (κ2) is 8.17. The van der Waals surface area contributed by atoms with Crippen LogP contribution in [0.5, 0.6) is 0 Å². The fraction of sp³-hybridized carbons (Fsp3) is 0.258.